The molecule has 1 aromatic heterocycles. The first-order valence-electron chi connectivity index (χ1n) is 4.65. The third kappa shape index (κ3) is 1.94. The van der Waals surface area contributed by atoms with Gasteiger partial charge in [-0.1, -0.05) is 6.07 Å². The number of hydrogen-bond donors (Lipinski definition) is 2. The molecule has 2 rings (SSSR count). The molecule has 0 atom stereocenters. The van der Waals surface area contributed by atoms with Crippen molar-refractivity contribution in [3.63, 3.8) is 0 Å². The lowest BCUT2D eigenvalue weighted by Gasteiger charge is -2.06. The zero-order valence-corrected chi connectivity index (χ0v) is 8.22. The molecule has 4 nitrogen and oxygen atoms in total. The fourth-order valence-electron chi connectivity index (χ4n) is 1.42. The van der Waals surface area contributed by atoms with Crippen LogP contribution in [0.1, 0.15) is 5.56 Å². The van der Waals surface area contributed by atoms with E-state index in [9.17, 15) is 0 Å². The molecule has 0 fully saturated rings. The van der Waals surface area contributed by atoms with E-state index in [1.165, 1.54) is 6.33 Å². The van der Waals surface area contributed by atoms with Gasteiger partial charge in [0.25, 0.3) is 0 Å². The number of hydrogen-bond acceptors (Lipinski definition) is 4. The smallest absolute Gasteiger partial charge is 0.115 e. The lowest BCUT2D eigenvalue weighted by molar-refractivity contribution is 1.07. The fraction of sp³-hybridized carbons (Fsp3) is 0.0909. The van der Waals surface area contributed by atoms with E-state index in [0.29, 0.717) is 12.2 Å². The number of nitrogen functional groups attached to an aromatic ring is 1. The summed E-state index contributed by atoms with van der Waals surface area (Å²) in [5.74, 6) is 0. The average molecular weight is 200 g/mol. The fourth-order valence-corrected chi connectivity index (χ4v) is 1.42. The number of aromatic nitrogens is 2. The lowest BCUT2D eigenvalue weighted by atomic mass is 10.0. The molecule has 0 saturated heterocycles. The van der Waals surface area contributed by atoms with E-state index in [-0.39, 0.29) is 0 Å². The summed E-state index contributed by atoms with van der Waals surface area (Å²) in [6.07, 6.45) is 4.96. The highest BCUT2D eigenvalue weighted by molar-refractivity contribution is 5.75. The largest absolute Gasteiger partial charge is 0.398 e. The van der Waals surface area contributed by atoms with Crippen LogP contribution in [0.15, 0.2) is 36.9 Å². The second-order valence-corrected chi connectivity index (χ2v) is 3.25. The van der Waals surface area contributed by atoms with Crippen molar-refractivity contribution in [1.29, 1.82) is 0 Å². The minimum absolute atomic E-state index is 0.501. The molecule has 0 aliphatic rings. The molecule has 0 unspecified atom stereocenters. The normalized spacial score (nSPS) is 10.2. The molecule has 4 N–H and O–H groups in total. The van der Waals surface area contributed by atoms with Crippen LogP contribution in [0.3, 0.4) is 0 Å². The lowest BCUT2D eigenvalue weighted by Crippen LogP contribution is -1.98. The SMILES string of the molecule is NCc1ccc(N)c(-c2cncnc2)c1. The van der Waals surface area contributed by atoms with Crippen molar-refractivity contribution in [2.24, 2.45) is 5.73 Å². The Morgan fingerprint density at radius 2 is 1.87 bits per heavy atom. The summed E-state index contributed by atoms with van der Waals surface area (Å²) in [5.41, 5.74) is 15.0. The predicted octanol–water partition coefficient (Wildman–Crippen LogP) is 1.18. The minimum Gasteiger partial charge on any atom is -0.398 e. The van der Waals surface area contributed by atoms with Gasteiger partial charge in [0.2, 0.25) is 0 Å². The summed E-state index contributed by atoms with van der Waals surface area (Å²) >= 11 is 0. The van der Waals surface area contributed by atoms with Crippen molar-refractivity contribution in [2.45, 2.75) is 6.54 Å². The minimum atomic E-state index is 0.501. The van der Waals surface area contributed by atoms with E-state index in [1.807, 2.05) is 18.2 Å². The molecular formula is C11H12N4. The highest BCUT2D eigenvalue weighted by atomic mass is 14.8. The van der Waals surface area contributed by atoms with Crippen LogP contribution < -0.4 is 11.5 Å². The van der Waals surface area contributed by atoms with Crippen molar-refractivity contribution in [1.82, 2.24) is 9.97 Å². The Hall–Kier alpha value is -1.94. The first-order chi connectivity index (χ1) is 7.31. The standard InChI is InChI=1S/C11H12N4/c12-4-8-1-2-11(13)10(3-8)9-5-14-7-15-6-9/h1-3,5-7H,4,12-13H2. The maximum Gasteiger partial charge on any atom is 0.115 e. The average Bonchev–Trinajstić information content (AvgIpc) is 2.31. The molecule has 2 aromatic rings. The number of nitrogens with zero attached hydrogens (tertiary/aromatic N) is 2. The molecule has 76 valence electrons. The quantitative estimate of drug-likeness (QED) is 0.714. The maximum absolute atomic E-state index is 5.88. The molecule has 1 aromatic carbocycles. The number of nitrogens with two attached hydrogens (primary N) is 2. The summed E-state index contributed by atoms with van der Waals surface area (Å²) in [4.78, 5) is 7.92. The molecule has 0 bridgehead atoms. The third-order valence-electron chi connectivity index (χ3n) is 2.22. The summed E-state index contributed by atoms with van der Waals surface area (Å²) in [5, 5.41) is 0. The molecule has 0 aliphatic heterocycles. The van der Waals surface area contributed by atoms with E-state index in [2.05, 4.69) is 9.97 Å². The van der Waals surface area contributed by atoms with Crippen molar-refractivity contribution >= 4 is 5.69 Å². The second-order valence-electron chi connectivity index (χ2n) is 3.25. The van der Waals surface area contributed by atoms with Gasteiger partial charge < -0.3 is 11.5 Å². The van der Waals surface area contributed by atoms with Gasteiger partial charge in [0.15, 0.2) is 0 Å². The monoisotopic (exact) mass is 200 g/mol. The van der Waals surface area contributed by atoms with Crippen molar-refractivity contribution in [2.75, 3.05) is 5.73 Å². The van der Waals surface area contributed by atoms with Crippen LogP contribution in [0.25, 0.3) is 11.1 Å². The Kier molecular flexibility index (Phi) is 2.60. The summed E-state index contributed by atoms with van der Waals surface area (Å²) in [7, 11) is 0. The zero-order valence-electron chi connectivity index (χ0n) is 8.22. The van der Waals surface area contributed by atoms with Crippen molar-refractivity contribution in [3.05, 3.63) is 42.5 Å². The van der Waals surface area contributed by atoms with Crippen molar-refractivity contribution < 1.29 is 0 Å². The van der Waals surface area contributed by atoms with Crippen LogP contribution in [0.4, 0.5) is 5.69 Å². The van der Waals surface area contributed by atoms with Crippen LogP contribution in [-0.2, 0) is 6.54 Å². The van der Waals surface area contributed by atoms with Gasteiger partial charge in [-0.25, -0.2) is 9.97 Å². The van der Waals surface area contributed by atoms with Crippen molar-refractivity contribution in [3.8, 4) is 11.1 Å². The van der Waals surface area contributed by atoms with E-state index in [1.54, 1.807) is 12.4 Å². The van der Waals surface area contributed by atoms with Crippen LogP contribution in [0.2, 0.25) is 0 Å². The Morgan fingerprint density at radius 1 is 1.13 bits per heavy atom. The van der Waals surface area contributed by atoms with Gasteiger partial charge in [-0.05, 0) is 17.7 Å². The van der Waals surface area contributed by atoms with E-state index in [0.717, 1.165) is 16.7 Å². The first-order valence-corrected chi connectivity index (χ1v) is 4.65. The number of rotatable bonds is 2. The van der Waals surface area contributed by atoms with Crippen LogP contribution >= 0.6 is 0 Å². The predicted molar refractivity (Wildman–Crippen MR) is 59.8 cm³/mol. The van der Waals surface area contributed by atoms with E-state index >= 15 is 0 Å². The Morgan fingerprint density at radius 3 is 2.53 bits per heavy atom. The van der Waals surface area contributed by atoms with Gasteiger partial charge >= 0.3 is 0 Å². The number of benzene rings is 1. The molecule has 0 amide bonds. The van der Waals surface area contributed by atoms with Crippen LogP contribution in [-0.4, -0.2) is 9.97 Å². The maximum atomic E-state index is 5.88. The molecule has 1 heterocycles. The van der Waals surface area contributed by atoms with Crippen LogP contribution in [0, 0.1) is 0 Å². The van der Waals surface area contributed by atoms with Gasteiger partial charge in [0.1, 0.15) is 6.33 Å². The van der Waals surface area contributed by atoms with Crippen LogP contribution in [0.5, 0.6) is 0 Å². The summed E-state index contributed by atoms with van der Waals surface area (Å²) in [6, 6.07) is 5.74. The van der Waals surface area contributed by atoms with Gasteiger partial charge in [0.05, 0.1) is 0 Å². The summed E-state index contributed by atoms with van der Waals surface area (Å²) in [6.45, 7) is 0.501. The molecule has 15 heavy (non-hydrogen) atoms. The van der Waals surface area contributed by atoms with Gasteiger partial charge in [0, 0.05) is 35.8 Å². The first kappa shape index (κ1) is 9.61. The van der Waals surface area contributed by atoms with E-state index in [4.69, 9.17) is 11.5 Å². The third-order valence-corrected chi connectivity index (χ3v) is 2.22. The Bertz CT molecular complexity index is 453. The van der Waals surface area contributed by atoms with E-state index < -0.39 is 0 Å². The van der Waals surface area contributed by atoms with Gasteiger partial charge in [-0.3, -0.25) is 0 Å². The van der Waals surface area contributed by atoms with Gasteiger partial charge in [-0.2, -0.15) is 0 Å². The molecular weight excluding hydrogens is 188 g/mol. The second kappa shape index (κ2) is 4.06. The molecule has 0 saturated carbocycles. The zero-order chi connectivity index (χ0) is 10.7. The highest BCUT2D eigenvalue weighted by Gasteiger charge is 2.03. The summed E-state index contributed by atoms with van der Waals surface area (Å²) < 4.78 is 0. The molecule has 4 heteroatoms. The topological polar surface area (TPSA) is 77.8 Å². The van der Waals surface area contributed by atoms with Gasteiger partial charge in [-0.15, -0.1) is 0 Å². The highest BCUT2D eigenvalue weighted by Crippen LogP contribution is 2.25. The Labute approximate surface area is 88.0 Å². The molecule has 0 radical (unpaired) electrons. The Balaban J connectivity index is 2.52. The molecule has 0 aliphatic carbocycles. The number of anilines is 1. The molecule has 0 spiro atoms.